The molecule has 0 spiro atoms. The summed E-state index contributed by atoms with van der Waals surface area (Å²) in [4.78, 5) is 12.5. The van der Waals surface area contributed by atoms with Gasteiger partial charge in [0.2, 0.25) is 12.5 Å². The Labute approximate surface area is 156 Å². The van der Waals surface area contributed by atoms with Gasteiger partial charge < -0.3 is 23.7 Å². The van der Waals surface area contributed by atoms with E-state index < -0.39 is 5.91 Å². The average molecular weight is 372 g/mol. The normalized spacial score (nSPS) is 12.5. The molecule has 1 heterocycles. The van der Waals surface area contributed by atoms with E-state index in [4.69, 9.17) is 23.7 Å². The molecule has 27 heavy (non-hydrogen) atoms. The molecule has 1 N–H and O–H groups in total. The molecule has 3 rings (SSSR count). The lowest BCUT2D eigenvalue weighted by Crippen LogP contribution is -2.19. The van der Waals surface area contributed by atoms with Crippen molar-refractivity contribution in [3.05, 3.63) is 41.5 Å². The van der Waals surface area contributed by atoms with Crippen molar-refractivity contribution in [3.63, 3.8) is 0 Å². The zero-order valence-corrected chi connectivity index (χ0v) is 15.5. The summed E-state index contributed by atoms with van der Waals surface area (Å²) in [5.41, 5.74) is 4.28. The number of hydrazone groups is 1. The van der Waals surface area contributed by atoms with Gasteiger partial charge in [-0.1, -0.05) is 0 Å². The number of rotatable bonds is 6. The van der Waals surface area contributed by atoms with Crippen molar-refractivity contribution in [2.45, 2.75) is 6.92 Å². The van der Waals surface area contributed by atoms with Gasteiger partial charge in [0.15, 0.2) is 23.0 Å². The number of amides is 1. The Hall–Kier alpha value is -3.42. The van der Waals surface area contributed by atoms with Gasteiger partial charge >= 0.3 is 0 Å². The molecule has 0 unspecified atom stereocenters. The van der Waals surface area contributed by atoms with Gasteiger partial charge in [0.25, 0.3) is 5.91 Å². The van der Waals surface area contributed by atoms with Crippen molar-refractivity contribution in [1.29, 1.82) is 0 Å². The molecule has 0 saturated carbocycles. The fourth-order valence-corrected chi connectivity index (χ4v) is 2.60. The number of fused-ring (bicyclic) bond motifs is 1. The summed E-state index contributed by atoms with van der Waals surface area (Å²) in [6.45, 7) is 1.99. The summed E-state index contributed by atoms with van der Waals surface area (Å²) in [5, 5.41) is 4.16. The second-order valence-corrected chi connectivity index (χ2v) is 5.62. The molecular formula is C19H20N2O6. The summed E-state index contributed by atoms with van der Waals surface area (Å²) in [6.07, 6.45) is 0. The molecule has 0 fully saturated rings. The maximum Gasteiger partial charge on any atom is 0.271 e. The van der Waals surface area contributed by atoms with Gasteiger partial charge in [-0.25, -0.2) is 5.43 Å². The Morgan fingerprint density at radius 2 is 1.63 bits per heavy atom. The van der Waals surface area contributed by atoms with Gasteiger partial charge in [0.05, 0.1) is 27.0 Å². The molecule has 0 saturated heterocycles. The molecule has 8 heteroatoms. The minimum absolute atomic E-state index is 0.201. The van der Waals surface area contributed by atoms with Crippen molar-refractivity contribution in [2.75, 3.05) is 28.1 Å². The zero-order valence-electron chi connectivity index (χ0n) is 15.5. The van der Waals surface area contributed by atoms with E-state index in [2.05, 4.69) is 10.5 Å². The van der Waals surface area contributed by atoms with Crippen LogP contribution in [0.3, 0.4) is 0 Å². The lowest BCUT2D eigenvalue weighted by molar-refractivity contribution is 0.0954. The number of nitrogens with zero attached hydrogens (tertiary/aromatic N) is 1. The quantitative estimate of drug-likeness (QED) is 0.619. The molecule has 0 atom stereocenters. The summed E-state index contributed by atoms with van der Waals surface area (Å²) >= 11 is 0. The molecule has 142 valence electrons. The van der Waals surface area contributed by atoms with E-state index in [-0.39, 0.29) is 6.79 Å². The molecular weight excluding hydrogens is 352 g/mol. The van der Waals surface area contributed by atoms with Gasteiger partial charge in [-0.2, -0.15) is 5.10 Å². The monoisotopic (exact) mass is 372 g/mol. The highest BCUT2D eigenvalue weighted by Crippen LogP contribution is 2.38. The largest absolute Gasteiger partial charge is 0.493 e. The average Bonchev–Trinajstić information content (AvgIpc) is 3.18. The molecule has 8 nitrogen and oxygen atoms in total. The van der Waals surface area contributed by atoms with Crippen LogP contribution in [0.15, 0.2) is 35.4 Å². The van der Waals surface area contributed by atoms with Crippen LogP contribution >= 0.6 is 0 Å². The van der Waals surface area contributed by atoms with Crippen LogP contribution in [0.2, 0.25) is 0 Å². The van der Waals surface area contributed by atoms with Crippen molar-refractivity contribution in [3.8, 4) is 28.7 Å². The van der Waals surface area contributed by atoms with E-state index in [0.29, 0.717) is 40.0 Å². The standard InChI is InChI=1S/C19H20N2O6/c1-11(12-5-6-14-15(7-12)27-10-26-14)20-21-19(22)13-8-16(23-2)18(25-4)17(9-13)24-3/h5-9H,10H2,1-4H3,(H,21,22). The number of ether oxygens (including phenoxy) is 5. The number of hydrogen-bond donors (Lipinski definition) is 1. The summed E-state index contributed by atoms with van der Waals surface area (Å²) < 4.78 is 26.4. The number of methoxy groups -OCH3 is 3. The first-order valence-corrected chi connectivity index (χ1v) is 8.12. The molecule has 0 aliphatic carbocycles. The minimum Gasteiger partial charge on any atom is -0.493 e. The van der Waals surface area contributed by atoms with Crippen molar-refractivity contribution in [2.24, 2.45) is 5.10 Å². The first-order valence-electron chi connectivity index (χ1n) is 8.12. The van der Waals surface area contributed by atoms with Gasteiger partial charge in [0.1, 0.15) is 0 Å². The van der Waals surface area contributed by atoms with E-state index in [0.717, 1.165) is 5.56 Å². The lowest BCUT2D eigenvalue weighted by atomic mass is 10.1. The second kappa shape index (κ2) is 7.86. The predicted molar refractivity (Wildman–Crippen MR) is 98.3 cm³/mol. The van der Waals surface area contributed by atoms with Crippen molar-refractivity contribution >= 4 is 11.6 Å². The van der Waals surface area contributed by atoms with Crippen LogP contribution in [0.4, 0.5) is 0 Å². The predicted octanol–water partition coefficient (Wildman–Crippen LogP) is 2.60. The Morgan fingerprint density at radius 3 is 2.26 bits per heavy atom. The van der Waals surface area contributed by atoms with Crippen LogP contribution in [-0.2, 0) is 0 Å². The molecule has 1 aliphatic heterocycles. The van der Waals surface area contributed by atoms with Crippen LogP contribution in [0.5, 0.6) is 28.7 Å². The Balaban J connectivity index is 1.79. The maximum absolute atomic E-state index is 12.5. The van der Waals surface area contributed by atoms with Crippen LogP contribution in [-0.4, -0.2) is 39.7 Å². The Morgan fingerprint density at radius 1 is 0.963 bits per heavy atom. The second-order valence-electron chi connectivity index (χ2n) is 5.62. The SMILES string of the molecule is COc1cc(C(=O)NN=C(C)c2ccc3c(c2)OCO3)cc(OC)c1OC. The Kier molecular flexibility index (Phi) is 5.35. The van der Waals surface area contributed by atoms with Gasteiger partial charge in [0, 0.05) is 11.1 Å². The lowest BCUT2D eigenvalue weighted by Gasteiger charge is -2.13. The summed E-state index contributed by atoms with van der Waals surface area (Å²) in [7, 11) is 4.47. The Bertz CT molecular complexity index is 869. The molecule has 2 aromatic carbocycles. The van der Waals surface area contributed by atoms with E-state index in [1.165, 1.54) is 21.3 Å². The molecule has 0 bridgehead atoms. The number of benzene rings is 2. The molecule has 2 aromatic rings. The molecule has 1 aliphatic rings. The molecule has 0 radical (unpaired) electrons. The third kappa shape index (κ3) is 3.74. The number of carbonyl (C=O) groups is 1. The van der Waals surface area contributed by atoms with Gasteiger partial charge in [-0.3, -0.25) is 4.79 Å². The highest BCUT2D eigenvalue weighted by atomic mass is 16.7. The number of carbonyl (C=O) groups excluding carboxylic acids is 1. The summed E-state index contributed by atoms with van der Waals surface area (Å²) in [6, 6.07) is 8.58. The highest BCUT2D eigenvalue weighted by Gasteiger charge is 2.17. The number of hydrogen-bond acceptors (Lipinski definition) is 7. The van der Waals surface area contributed by atoms with E-state index >= 15 is 0 Å². The van der Waals surface area contributed by atoms with Crippen LogP contribution in [0.25, 0.3) is 0 Å². The maximum atomic E-state index is 12.5. The van der Waals surface area contributed by atoms with Crippen molar-refractivity contribution < 1.29 is 28.5 Å². The van der Waals surface area contributed by atoms with E-state index in [1.54, 1.807) is 25.1 Å². The zero-order chi connectivity index (χ0) is 19.4. The first-order chi connectivity index (χ1) is 13.1. The van der Waals surface area contributed by atoms with Crippen LogP contribution in [0, 0.1) is 0 Å². The first kappa shape index (κ1) is 18.4. The van der Waals surface area contributed by atoms with Crippen LogP contribution in [0.1, 0.15) is 22.8 Å². The topological polar surface area (TPSA) is 87.6 Å². The van der Waals surface area contributed by atoms with Gasteiger partial charge in [-0.15, -0.1) is 0 Å². The van der Waals surface area contributed by atoms with E-state index in [1.807, 2.05) is 12.1 Å². The fourth-order valence-electron chi connectivity index (χ4n) is 2.60. The minimum atomic E-state index is -0.408. The number of nitrogens with one attached hydrogen (secondary N) is 1. The third-order valence-electron chi connectivity index (χ3n) is 4.04. The smallest absolute Gasteiger partial charge is 0.271 e. The van der Waals surface area contributed by atoms with Gasteiger partial charge in [-0.05, 0) is 37.3 Å². The highest BCUT2D eigenvalue weighted by molar-refractivity contribution is 6.01. The molecule has 0 aromatic heterocycles. The third-order valence-corrected chi connectivity index (χ3v) is 4.04. The van der Waals surface area contributed by atoms with Crippen LogP contribution < -0.4 is 29.1 Å². The summed E-state index contributed by atoms with van der Waals surface area (Å²) in [5.74, 6) is 2.12. The van der Waals surface area contributed by atoms with Crippen molar-refractivity contribution in [1.82, 2.24) is 5.43 Å². The van der Waals surface area contributed by atoms with E-state index in [9.17, 15) is 4.79 Å². The molecule has 1 amide bonds. The fraction of sp³-hybridized carbons (Fsp3) is 0.263.